The van der Waals surface area contributed by atoms with E-state index in [-0.39, 0.29) is 23.2 Å². The van der Waals surface area contributed by atoms with Crippen LogP contribution in [-0.4, -0.2) is 72.7 Å². The number of aromatic hydroxyl groups is 3. The predicted octanol–water partition coefficient (Wildman–Crippen LogP) is 7.64. The standard InChI is InChI=1S/C40H44N2O8/c1-25-31-24-30(44)15-16-33(31)42(38(25)27-11-13-29(43)14-12-27)19-9-7-8-18-41(2)40(46)32(20-26-10-17-35(47-3)34(45)21-26)28-22-36(48-4)39(50-6)37(23-28)49-5/h10-17,20-24,43-45H,7-9,18-19H2,1-6H3/b32-20+. The zero-order valence-electron chi connectivity index (χ0n) is 29.3. The maximum atomic E-state index is 14.1. The van der Waals surface area contributed by atoms with Crippen LogP contribution in [0.5, 0.6) is 40.2 Å². The molecule has 1 heterocycles. The van der Waals surface area contributed by atoms with Crippen molar-refractivity contribution < 1.29 is 39.1 Å². The molecule has 262 valence electrons. The Hall–Kier alpha value is -5.77. The van der Waals surface area contributed by atoms with Gasteiger partial charge in [0.15, 0.2) is 23.0 Å². The second-order valence-corrected chi connectivity index (χ2v) is 12.1. The third kappa shape index (κ3) is 7.44. The number of fused-ring (bicyclic) bond motifs is 1. The van der Waals surface area contributed by atoms with E-state index in [1.54, 1.807) is 72.6 Å². The fourth-order valence-corrected chi connectivity index (χ4v) is 6.31. The zero-order valence-corrected chi connectivity index (χ0v) is 29.3. The van der Waals surface area contributed by atoms with E-state index in [1.807, 2.05) is 25.1 Å². The number of carbonyl (C=O) groups excluding carboxylic acids is 1. The lowest BCUT2D eigenvalue weighted by atomic mass is 9.99. The number of ether oxygens (including phenoxy) is 4. The van der Waals surface area contributed by atoms with Crippen molar-refractivity contribution in [3.8, 4) is 51.5 Å². The Morgan fingerprint density at radius 2 is 1.42 bits per heavy atom. The van der Waals surface area contributed by atoms with Crippen LogP contribution in [0.1, 0.15) is 36.0 Å². The van der Waals surface area contributed by atoms with Crippen molar-refractivity contribution in [3.05, 3.63) is 89.5 Å². The number of nitrogens with zero attached hydrogens (tertiary/aromatic N) is 2. The van der Waals surface area contributed by atoms with Crippen molar-refractivity contribution >= 4 is 28.5 Å². The molecule has 0 unspecified atom stereocenters. The minimum absolute atomic E-state index is 0.0395. The molecule has 4 aromatic carbocycles. The van der Waals surface area contributed by atoms with Crippen LogP contribution in [0.3, 0.4) is 0 Å². The molecule has 0 saturated carbocycles. The maximum Gasteiger partial charge on any atom is 0.254 e. The van der Waals surface area contributed by atoms with Crippen LogP contribution >= 0.6 is 0 Å². The molecule has 50 heavy (non-hydrogen) atoms. The van der Waals surface area contributed by atoms with Gasteiger partial charge in [-0.1, -0.05) is 6.07 Å². The van der Waals surface area contributed by atoms with E-state index >= 15 is 0 Å². The Bertz CT molecular complexity index is 1990. The normalized spacial score (nSPS) is 11.4. The first-order chi connectivity index (χ1) is 24.1. The number of phenolic OH excluding ortho intramolecular Hbond substituents is 3. The summed E-state index contributed by atoms with van der Waals surface area (Å²) >= 11 is 0. The van der Waals surface area contributed by atoms with E-state index in [9.17, 15) is 20.1 Å². The molecule has 10 heteroatoms. The second-order valence-electron chi connectivity index (χ2n) is 12.1. The molecule has 5 aromatic rings. The number of aromatic nitrogens is 1. The van der Waals surface area contributed by atoms with Gasteiger partial charge in [0.05, 0.1) is 34.1 Å². The highest BCUT2D eigenvalue weighted by atomic mass is 16.5. The molecule has 10 nitrogen and oxygen atoms in total. The van der Waals surface area contributed by atoms with Crippen molar-refractivity contribution in [3.63, 3.8) is 0 Å². The minimum atomic E-state index is -0.212. The summed E-state index contributed by atoms with van der Waals surface area (Å²) in [4.78, 5) is 15.8. The lowest BCUT2D eigenvalue weighted by Crippen LogP contribution is -2.28. The molecule has 1 amide bonds. The van der Waals surface area contributed by atoms with E-state index < -0.39 is 0 Å². The van der Waals surface area contributed by atoms with Crippen molar-refractivity contribution in [2.24, 2.45) is 0 Å². The van der Waals surface area contributed by atoms with Crippen LogP contribution < -0.4 is 18.9 Å². The molecule has 3 N–H and O–H groups in total. The summed E-state index contributed by atoms with van der Waals surface area (Å²) < 4.78 is 24.1. The highest BCUT2D eigenvalue weighted by Gasteiger charge is 2.22. The number of aryl methyl sites for hydroxylation is 2. The quantitative estimate of drug-likeness (QED) is 0.0622. The zero-order chi connectivity index (χ0) is 35.9. The number of carbonyl (C=O) groups is 1. The summed E-state index contributed by atoms with van der Waals surface area (Å²) in [5.74, 6) is 1.74. The van der Waals surface area contributed by atoms with Crippen LogP contribution in [0, 0.1) is 6.92 Å². The summed E-state index contributed by atoms with van der Waals surface area (Å²) in [6.45, 7) is 3.30. The van der Waals surface area contributed by atoms with Crippen molar-refractivity contribution in [1.29, 1.82) is 0 Å². The van der Waals surface area contributed by atoms with E-state index in [2.05, 4.69) is 4.57 Å². The van der Waals surface area contributed by atoms with Gasteiger partial charge in [-0.05, 0) is 121 Å². The number of unbranched alkanes of at least 4 members (excludes halogenated alkanes) is 2. The van der Waals surface area contributed by atoms with E-state index in [0.717, 1.165) is 53.5 Å². The molecule has 0 spiro atoms. The molecular weight excluding hydrogens is 636 g/mol. The lowest BCUT2D eigenvalue weighted by molar-refractivity contribution is -0.123. The predicted molar refractivity (Wildman–Crippen MR) is 196 cm³/mol. The number of hydrogen-bond acceptors (Lipinski definition) is 8. The number of likely N-dealkylation sites (N-methyl/N-ethyl adjacent to an activating group) is 1. The Morgan fingerprint density at radius 1 is 0.760 bits per heavy atom. The summed E-state index contributed by atoms with van der Waals surface area (Å²) in [6, 6.07) is 21.0. The topological polar surface area (TPSA) is 123 Å². The molecular formula is C40H44N2O8. The average Bonchev–Trinajstić information content (AvgIpc) is 3.39. The van der Waals surface area contributed by atoms with Gasteiger partial charge in [-0.15, -0.1) is 0 Å². The van der Waals surface area contributed by atoms with Crippen molar-refractivity contribution in [1.82, 2.24) is 9.47 Å². The molecule has 0 atom stereocenters. The van der Waals surface area contributed by atoms with Crippen LogP contribution in [0.2, 0.25) is 0 Å². The van der Waals surface area contributed by atoms with Crippen LogP contribution in [-0.2, 0) is 11.3 Å². The van der Waals surface area contributed by atoms with E-state index in [0.29, 0.717) is 46.2 Å². The Morgan fingerprint density at radius 3 is 2.04 bits per heavy atom. The lowest BCUT2D eigenvalue weighted by Gasteiger charge is -2.21. The molecule has 0 saturated heterocycles. The molecule has 1 aromatic heterocycles. The van der Waals surface area contributed by atoms with Gasteiger partial charge in [0.25, 0.3) is 5.91 Å². The van der Waals surface area contributed by atoms with Gasteiger partial charge in [-0.3, -0.25) is 4.79 Å². The van der Waals surface area contributed by atoms with Crippen molar-refractivity contribution in [2.45, 2.75) is 32.7 Å². The average molecular weight is 681 g/mol. The van der Waals surface area contributed by atoms with Gasteiger partial charge in [-0.25, -0.2) is 0 Å². The Kier molecular flexibility index (Phi) is 11.1. The first-order valence-electron chi connectivity index (χ1n) is 16.4. The number of methoxy groups -OCH3 is 4. The monoisotopic (exact) mass is 680 g/mol. The first-order valence-corrected chi connectivity index (χ1v) is 16.4. The summed E-state index contributed by atoms with van der Waals surface area (Å²) in [6.07, 6.45) is 4.21. The molecule has 0 fully saturated rings. The fraction of sp³-hybridized carbons (Fsp3) is 0.275. The van der Waals surface area contributed by atoms with Crippen LogP contribution in [0.15, 0.2) is 72.8 Å². The third-order valence-electron chi connectivity index (χ3n) is 8.88. The SMILES string of the molecule is COc1ccc(/C=C(/C(=O)N(C)CCCCCn2c(-c3ccc(O)cc3)c(C)c3cc(O)ccc32)c2cc(OC)c(OC)c(OC)c2)cc1O. The minimum Gasteiger partial charge on any atom is -0.508 e. The van der Waals surface area contributed by atoms with Crippen LogP contribution in [0.4, 0.5) is 0 Å². The molecule has 0 radical (unpaired) electrons. The number of rotatable bonds is 14. The molecule has 0 aliphatic carbocycles. The van der Waals surface area contributed by atoms with E-state index in [1.165, 1.54) is 28.4 Å². The van der Waals surface area contributed by atoms with Gasteiger partial charge < -0.3 is 43.7 Å². The second kappa shape index (κ2) is 15.6. The van der Waals surface area contributed by atoms with Gasteiger partial charge >= 0.3 is 0 Å². The largest absolute Gasteiger partial charge is 0.508 e. The highest BCUT2D eigenvalue weighted by Crippen LogP contribution is 2.41. The van der Waals surface area contributed by atoms with Gasteiger partial charge in [-0.2, -0.15) is 0 Å². The maximum absolute atomic E-state index is 14.1. The number of amides is 1. The molecule has 0 aliphatic rings. The Balaban J connectivity index is 1.35. The highest BCUT2D eigenvalue weighted by molar-refractivity contribution is 6.24. The summed E-state index contributed by atoms with van der Waals surface area (Å²) in [7, 11) is 7.82. The first kappa shape index (κ1) is 35.5. The fourth-order valence-electron chi connectivity index (χ4n) is 6.31. The molecule has 0 aliphatic heterocycles. The van der Waals surface area contributed by atoms with E-state index in [4.69, 9.17) is 18.9 Å². The van der Waals surface area contributed by atoms with Crippen molar-refractivity contribution in [2.75, 3.05) is 42.0 Å². The molecule has 5 rings (SSSR count). The van der Waals surface area contributed by atoms with Crippen LogP contribution in [0.25, 0.3) is 33.8 Å². The summed E-state index contributed by atoms with van der Waals surface area (Å²) in [5.41, 5.74) is 5.67. The number of hydrogen-bond donors (Lipinski definition) is 3. The third-order valence-corrected chi connectivity index (χ3v) is 8.88. The van der Waals surface area contributed by atoms with Gasteiger partial charge in [0.1, 0.15) is 11.5 Å². The van der Waals surface area contributed by atoms with Gasteiger partial charge in [0.2, 0.25) is 5.75 Å². The number of phenols is 3. The smallest absolute Gasteiger partial charge is 0.254 e. The summed E-state index contributed by atoms with van der Waals surface area (Å²) in [5, 5.41) is 31.5. The Labute approximate surface area is 292 Å². The number of benzene rings is 4. The van der Waals surface area contributed by atoms with Gasteiger partial charge in [0, 0.05) is 36.6 Å². The molecule has 0 bridgehead atoms.